The number of hydrogen-bond donors (Lipinski definition) is 0. The molecule has 31 heavy (non-hydrogen) atoms. The fourth-order valence-corrected chi connectivity index (χ4v) is 6.00. The zero-order chi connectivity index (χ0) is 21.5. The van der Waals surface area contributed by atoms with Crippen molar-refractivity contribution < 1.29 is 4.79 Å². The van der Waals surface area contributed by atoms with Crippen LogP contribution in [0.2, 0.25) is 5.02 Å². The van der Waals surface area contributed by atoms with Gasteiger partial charge in [0.2, 0.25) is 0 Å². The van der Waals surface area contributed by atoms with E-state index < -0.39 is 0 Å². The molecule has 2 heterocycles. The highest BCUT2D eigenvalue weighted by atomic mass is 35.5. The topological polar surface area (TPSA) is 35.9 Å². The minimum absolute atomic E-state index is 0.0708. The number of thioether (sulfide) groups is 2. The van der Waals surface area contributed by atoms with Crippen LogP contribution in [-0.2, 0) is 4.79 Å². The van der Waals surface area contributed by atoms with Gasteiger partial charge in [0.25, 0.3) is 5.91 Å². The molecule has 0 aromatic heterocycles. The van der Waals surface area contributed by atoms with Crippen molar-refractivity contribution in [3.05, 3.63) is 93.3 Å². The third-order valence-corrected chi connectivity index (χ3v) is 7.64. The number of fused-ring (bicyclic) bond motifs is 1. The Balaban J connectivity index is 1.62. The molecule has 1 fully saturated rings. The molecule has 3 aromatic rings. The highest BCUT2D eigenvalue weighted by Gasteiger charge is 2.40. The summed E-state index contributed by atoms with van der Waals surface area (Å²) in [5.74, 6) is -0.0708. The number of carbonyl (C=O) groups excluding carboxylic acids is 1. The lowest BCUT2D eigenvalue weighted by atomic mass is 10.2. The Morgan fingerprint density at radius 3 is 2.52 bits per heavy atom. The first-order chi connectivity index (χ1) is 15.0. The van der Waals surface area contributed by atoms with Crippen molar-refractivity contribution >= 4 is 63.3 Å². The summed E-state index contributed by atoms with van der Waals surface area (Å²) in [7, 11) is 1.97. The molecule has 0 N–H and O–H groups in total. The maximum absolute atomic E-state index is 13.7. The molecular formula is C24H18ClN3OS2. The number of benzene rings is 3. The molecule has 2 aliphatic heterocycles. The molecule has 1 amide bonds. The Labute approximate surface area is 194 Å². The van der Waals surface area contributed by atoms with E-state index in [-0.39, 0.29) is 5.91 Å². The summed E-state index contributed by atoms with van der Waals surface area (Å²) >= 11 is 9.20. The third kappa shape index (κ3) is 3.76. The number of amidine groups is 1. The molecule has 154 valence electrons. The lowest BCUT2D eigenvalue weighted by Gasteiger charge is -2.17. The predicted octanol–water partition coefficient (Wildman–Crippen LogP) is 6.83. The zero-order valence-electron chi connectivity index (χ0n) is 16.9. The Hall–Kier alpha value is -2.67. The normalized spacial score (nSPS) is 19.5. The number of para-hydroxylation sites is 1. The summed E-state index contributed by atoms with van der Waals surface area (Å²) in [6.07, 6.45) is 0. The number of anilines is 2. The van der Waals surface area contributed by atoms with E-state index in [1.165, 1.54) is 11.8 Å². The Kier molecular flexibility index (Phi) is 5.30. The summed E-state index contributed by atoms with van der Waals surface area (Å²) in [5, 5.41) is 2.21. The summed E-state index contributed by atoms with van der Waals surface area (Å²) in [6.45, 7) is 2.02. The first kappa shape index (κ1) is 20.2. The molecule has 0 bridgehead atoms. The minimum atomic E-state index is -0.0708. The molecule has 7 heteroatoms. The fourth-order valence-electron chi connectivity index (χ4n) is 3.50. The minimum Gasteiger partial charge on any atom is -0.337 e. The van der Waals surface area contributed by atoms with Crippen molar-refractivity contribution in [2.75, 3.05) is 16.8 Å². The van der Waals surface area contributed by atoms with Crippen LogP contribution < -0.4 is 9.80 Å². The van der Waals surface area contributed by atoms with E-state index >= 15 is 0 Å². The molecular weight excluding hydrogens is 446 g/mol. The van der Waals surface area contributed by atoms with Crippen molar-refractivity contribution in [1.29, 1.82) is 0 Å². The van der Waals surface area contributed by atoms with Crippen LogP contribution in [-0.4, -0.2) is 18.1 Å². The van der Waals surface area contributed by atoms with Crippen LogP contribution in [0.4, 0.5) is 17.1 Å². The SMILES string of the molecule is Cc1cccc(N2C(=O)C(=C3Sc4ccc(Cl)cc4N3C)SC2=Nc2ccccc2)c1. The number of hydrogen-bond acceptors (Lipinski definition) is 5. The second-order valence-corrected chi connectivity index (χ2v) is 9.66. The fraction of sp³-hybridized carbons (Fsp3) is 0.0833. The van der Waals surface area contributed by atoms with Crippen molar-refractivity contribution in [2.24, 2.45) is 4.99 Å². The molecule has 5 rings (SSSR count). The predicted molar refractivity (Wildman–Crippen MR) is 133 cm³/mol. The van der Waals surface area contributed by atoms with Crippen molar-refractivity contribution in [3.63, 3.8) is 0 Å². The van der Waals surface area contributed by atoms with E-state index in [9.17, 15) is 4.79 Å². The number of halogens is 1. The van der Waals surface area contributed by atoms with Crippen molar-refractivity contribution in [2.45, 2.75) is 11.8 Å². The van der Waals surface area contributed by atoms with Crippen LogP contribution in [0, 0.1) is 6.92 Å². The number of amides is 1. The molecule has 0 atom stereocenters. The highest BCUT2D eigenvalue weighted by Crippen LogP contribution is 2.51. The lowest BCUT2D eigenvalue weighted by Crippen LogP contribution is -2.29. The summed E-state index contributed by atoms with van der Waals surface area (Å²) in [4.78, 5) is 24.0. The van der Waals surface area contributed by atoms with E-state index in [2.05, 4.69) is 0 Å². The van der Waals surface area contributed by atoms with Gasteiger partial charge in [0.1, 0.15) is 4.91 Å². The number of aryl methyl sites for hydroxylation is 1. The second-order valence-electron chi connectivity index (χ2n) is 7.22. The first-order valence-corrected chi connectivity index (χ1v) is 11.7. The van der Waals surface area contributed by atoms with Crippen molar-refractivity contribution in [3.8, 4) is 0 Å². The van der Waals surface area contributed by atoms with Crippen LogP contribution >= 0.6 is 35.1 Å². The van der Waals surface area contributed by atoms with Crippen LogP contribution in [0.1, 0.15) is 5.56 Å². The van der Waals surface area contributed by atoms with Gasteiger partial charge in [-0.25, -0.2) is 4.99 Å². The van der Waals surface area contributed by atoms with E-state index in [4.69, 9.17) is 16.6 Å². The van der Waals surface area contributed by atoms with Crippen LogP contribution in [0.15, 0.2) is 92.6 Å². The Morgan fingerprint density at radius 2 is 1.74 bits per heavy atom. The standard InChI is InChI=1S/C24H18ClN3OS2/c1-15-7-6-10-18(13-15)28-22(29)21(31-24(28)26-17-8-4-3-5-9-17)23-27(2)19-14-16(25)11-12-20(19)30-23/h3-14H,1-2H3. The number of rotatable bonds is 2. The monoisotopic (exact) mass is 463 g/mol. The number of carbonyl (C=O) groups is 1. The molecule has 0 unspecified atom stereocenters. The average Bonchev–Trinajstić information content (AvgIpc) is 3.25. The van der Waals surface area contributed by atoms with Gasteiger partial charge in [0.05, 0.1) is 22.1 Å². The number of nitrogens with zero attached hydrogens (tertiary/aromatic N) is 3. The van der Waals surface area contributed by atoms with E-state index in [1.54, 1.807) is 16.7 Å². The highest BCUT2D eigenvalue weighted by molar-refractivity contribution is 8.20. The van der Waals surface area contributed by atoms with Gasteiger partial charge in [-0.3, -0.25) is 9.69 Å². The van der Waals surface area contributed by atoms with Crippen LogP contribution in [0.3, 0.4) is 0 Å². The average molecular weight is 464 g/mol. The second kappa shape index (κ2) is 8.11. The molecule has 4 nitrogen and oxygen atoms in total. The van der Waals surface area contributed by atoms with Crippen molar-refractivity contribution in [1.82, 2.24) is 0 Å². The van der Waals surface area contributed by atoms with E-state index in [1.807, 2.05) is 91.7 Å². The van der Waals surface area contributed by atoms with E-state index in [0.29, 0.717) is 15.1 Å². The largest absolute Gasteiger partial charge is 0.337 e. The maximum Gasteiger partial charge on any atom is 0.274 e. The molecule has 0 aliphatic carbocycles. The summed E-state index contributed by atoms with van der Waals surface area (Å²) in [6, 6.07) is 23.4. The third-order valence-electron chi connectivity index (χ3n) is 5.01. The van der Waals surface area contributed by atoms with E-state index in [0.717, 1.165) is 32.6 Å². The molecule has 0 saturated carbocycles. The molecule has 2 aliphatic rings. The lowest BCUT2D eigenvalue weighted by molar-refractivity contribution is -0.113. The van der Waals surface area contributed by atoms with Gasteiger partial charge in [-0.15, -0.1) is 0 Å². The Bertz CT molecular complexity index is 1260. The van der Waals surface area contributed by atoms with Gasteiger partial charge in [-0.2, -0.15) is 0 Å². The van der Waals surface area contributed by atoms with Gasteiger partial charge in [-0.1, -0.05) is 53.7 Å². The summed E-state index contributed by atoms with van der Waals surface area (Å²) in [5.41, 5.74) is 3.71. The van der Waals surface area contributed by atoms with Gasteiger partial charge < -0.3 is 4.90 Å². The number of aliphatic imine (C=N–C) groups is 1. The first-order valence-electron chi connectivity index (χ1n) is 9.69. The molecule has 1 saturated heterocycles. The van der Waals surface area contributed by atoms with Crippen LogP contribution in [0.25, 0.3) is 0 Å². The molecule has 0 radical (unpaired) electrons. The van der Waals surface area contributed by atoms with Gasteiger partial charge in [0.15, 0.2) is 5.17 Å². The van der Waals surface area contributed by atoms with Gasteiger partial charge in [-0.05, 0) is 66.7 Å². The van der Waals surface area contributed by atoms with Crippen LogP contribution in [0.5, 0.6) is 0 Å². The Morgan fingerprint density at radius 1 is 0.935 bits per heavy atom. The molecule has 0 spiro atoms. The van der Waals surface area contributed by atoms with Gasteiger partial charge in [0, 0.05) is 17.0 Å². The zero-order valence-corrected chi connectivity index (χ0v) is 19.3. The maximum atomic E-state index is 13.7. The quantitative estimate of drug-likeness (QED) is 0.390. The summed E-state index contributed by atoms with van der Waals surface area (Å²) < 4.78 is 0. The smallest absolute Gasteiger partial charge is 0.274 e. The van der Waals surface area contributed by atoms with Gasteiger partial charge >= 0.3 is 0 Å². The molecule has 3 aromatic carbocycles.